The number of anilines is 1. The third kappa shape index (κ3) is 1.69. The van der Waals surface area contributed by atoms with Crippen LogP contribution in [0.25, 0.3) is 0 Å². The summed E-state index contributed by atoms with van der Waals surface area (Å²) in [5, 5.41) is 21.0. The molecule has 0 bridgehead atoms. The van der Waals surface area contributed by atoms with Gasteiger partial charge in [-0.15, -0.1) is 0 Å². The summed E-state index contributed by atoms with van der Waals surface area (Å²) < 4.78 is 0. The number of urea groups is 1. The van der Waals surface area contributed by atoms with Gasteiger partial charge in [0.2, 0.25) is 0 Å². The molecular weight excluding hydrogens is 195 g/mol. The fraction of sp³-hybridized carbons (Fsp3) is 0.222. The highest BCUT2D eigenvalue weighted by atomic mass is 16.4. The number of carbonyl (C=O) groups is 1. The van der Waals surface area contributed by atoms with E-state index in [-0.39, 0.29) is 6.03 Å². The van der Waals surface area contributed by atoms with Crippen LogP contribution in [0.4, 0.5) is 10.5 Å². The molecule has 78 valence electrons. The molecule has 2 amide bonds. The van der Waals surface area contributed by atoms with E-state index in [0.717, 1.165) is 5.56 Å². The minimum atomic E-state index is -1.51. The maximum atomic E-state index is 11.3. The Morgan fingerprint density at radius 2 is 2.20 bits per heavy atom. The van der Waals surface area contributed by atoms with E-state index >= 15 is 0 Å². The maximum Gasteiger partial charge on any atom is 0.488 e. The summed E-state index contributed by atoms with van der Waals surface area (Å²) in [7, 11) is 0.141. The van der Waals surface area contributed by atoms with Crippen molar-refractivity contribution in [1.82, 2.24) is 4.90 Å². The van der Waals surface area contributed by atoms with Gasteiger partial charge in [0.25, 0.3) is 0 Å². The first-order chi connectivity index (χ1) is 7.09. The van der Waals surface area contributed by atoms with E-state index in [2.05, 4.69) is 5.32 Å². The van der Waals surface area contributed by atoms with Crippen LogP contribution < -0.4 is 10.8 Å². The molecule has 1 aliphatic rings. The fourth-order valence-corrected chi connectivity index (χ4v) is 1.66. The lowest BCUT2D eigenvalue weighted by Gasteiger charge is -2.27. The van der Waals surface area contributed by atoms with E-state index in [1.54, 1.807) is 25.2 Å². The van der Waals surface area contributed by atoms with E-state index in [0.29, 0.717) is 17.7 Å². The molecule has 1 aromatic rings. The molecule has 0 saturated carbocycles. The quantitative estimate of drug-likeness (QED) is 0.534. The number of hydrogen-bond donors (Lipinski definition) is 3. The standard InChI is InChI=1S/C9H11BN2O3/c1-12-5-6-7(10(14)15)3-2-4-8(6)11-9(12)13/h2-4,14-15H,5H2,1H3,(H,11,13). The third-order valence-electron chi connectivity index (χ3n) is 2.47. The third-order valence-corrected chi connectivity index (χ3v) is 2.47. The van der Waals surface area contributed by atoms with Crippen LogP contribution in [0.5, 0.6) is 0 Å². The molecule has 0 aromatic heterocycles. The summed E-state index contributed by atoms with van der Waals surface area (Å²) in [6, 6.07) is 4.87. The summed E-state index contributed by atoms with van der Waals surface area (Å²) >= 11 is 0. The Labute approximate surface area is 87.5 Å². The fourth-order valence-electron chi connectivity index (χ4n) is 1.66. The zero-order chi connectivity index (χ0) is 11.0. The zero-order valence-corrected chi connectivity index (χ0v) is 8.27. The highest BCUT2D eigenvalue weighted by Gasteiger charge is 2.25. The van der Waals surface area contributed by atoms with E-state index in [1.165, 1.54) is 4.90 Å². The topological polar surface area (TPSA) is 72.8 Å². The minimum Gasteiger partial charge on any atom is -0.423 e. The van der Waals surface area contributed by atoms with Crippen molar-refractivity contribution in [3.63, 3.8) is 0 Å². The molecule has 0 saturated heterocycles. The lowest BCUT2D eigenvalue weighted by Crippen LogP contribution is -2.42. The normalized spacial score (nSPS) is 14.6. The first-order valence-corrected chi connectivity index (χ1v) is 4.59. The van der Waals surface area contributed by atoms with E-state index in [9.17, 15) is 4.79 Å². The van der Waals surface area contributed by atoms with Gasteiger partial charge >= 0.3 is 13.1 Å². The number of hydrogen-bond acceptors (Lipinski definition) is 3. The first-order valence-electron chi connectivity index (χ1n) is 4.59. The molecule has 1 aromatic carbocycles. The second-order valence-corrected chi connectivity index (χ2v) is 3.53. The predicted octanol–water partition coefficient (Wildman–Crippen LogP) is -0.656. The van der Waals surface area contributed by atoms with Crippen LogP contribution in [0.2, 0.25) is 0 Å². The van der Waals surface area contributed by atoms with Crippen LogP contribution in [-0.2, 0) is 6.54 Å². The summed E-state index contributed by atoms with van der Waals surface area (Å²) in [4.78, 5) is 12.8. The van der Waals surface area contributed by atoms with Gasteiger partial charge in [-0.1, -0.05) is 12.1 Å². The molecule has 0 radical (unpaired) electrons. The highest BCUT2D eigenvalue weighted by molar-refractivity contribution is 6.59. The lowest BCUT2D eigenvalue weighted by molar-refractivity contribution is 0.218. The van der Waals surface area contributed by atoms with Crippen molar-refractivity contribution in [1.29, 1.82) is 0 Å². The van der Waals surface area contributed by atoms with Crippen molar-refractivity contribution in [2.75, 3.05) is 12.4 Å². The molecule has 2 rings (SSSR count). The van der Waals surface area contributed by atoms with Gasteiger partial charge < -0.3 is 20.3 Å². The molecule has 1 heterocycles. The van der Waals surface area contributed by atoms with Crippen molar-refractivity contribution < 1.29 is 14.8 Å². The monoisotopic (exact) mass is 206 g/mol. The lowest BCUT2D eigenvalue weighted by atomic mass is 9.76. The van der Waals surface area contributed by atoms with Crippen LogP contribution in [-0.4, -0.2) is 35.1 Å². The SMILES string of the molecule is CN1Cc2c(cccc2B(O)O)NC1=O. The van der Waals surface area contributed by atoms with Gasteiger partial charge in [-0.2, -0.15) is 0 Å². The van der Waals surface area contributed by atoms with Gasteiger partial charge in [-0.05, 0) is 17.1 Å². The molecule has 0 atom stereocenters. The predicted molar refractivity (Wildman–Crippen MR) is 56.8 cm³/mol. The summed E-state index contributed by atoms with van der Waals surface area (Å²) in [6.45, 7) is 0.384. The van der Waals surface area contributed by atoms with Crippen LogP contribution >= 0.6 is 0 Å². The highest BCUT2D eigenvalue weighted by Crippen LogP contribution is 2.20. The molecule has 0 unspecified atom stereocenters. The summed E-state index contributed by atoms with van der Waals surface area (Å²) in [5.74, 6) is 0. The Balaban J connectivity index is 2.48. The van der Waals surface area contributed by atoms with Crippen LogP contribution in [0.1, 0.15) is 5.56 Å². The van der Waals surface area contributed by atoms with Crippen LogP contribution in [0, 0.1) is 0 Å². The van der Waals surface area contributed by atoms with E-state index in [4.69, 9.17) is 10.0 Å². The van der Waals surface area contributed by atoms with Gasteiger partial charge in [-0.3, -0.25) is 0 Å². The van der Waals surface area contributed by atoms with Gasteiger partial charge in [0.15, 0.2) is 0 Å². The minimum absolute atomic E-state index is 0.188. The summed E-state index contributed by atoms with van der Waals surface area (Å²) in [5.41, 5.74) is 1.82. The number of benzene rings is 1. The number of nitrogens with one attached hydrogen (secondary N) is 1. The largest absolute Gasteiger partial charge is 0.488 e. The van der Waals surface area contributed by atoms with Crippen molar-refractivity contribution in [3.05, 3.63) is 23.8 Å². The van der Waals surface area contributed by atoms with Gasteiger partial charge in [-0.25, -0.2) is 4.79 Å². The number of carbonyl (C=O) groups excluding carboxylic acids is 1. The first kappa shape index (κ1) is 10.0. The van der Waals surface area contributed by atoms with Crippen molar-refractivity contribution >= 4 is 24.3 Å². The second-order valence-electron chi connectivity index (χ2n) is 3.53. The molecule has 6 heteroatoms. The zero-order valence-electron chi connectivity index (χ0n) is 8.27. The number of nitrogens with zero attached hydrogens (tertiary/aromatic N) is 1. The molecule has 0 fully saturated rings. The molecule has 15 heavy (non-hydrogen) atoms. The molecule has 5 nitrogen and oxygen atoms in total. The molecule has 3 N–H and O–H groups in total. The van der Waals surface area contributed by atoms with Gasteiger partial charge in [0.05, 0.1) is 0 Å². The Kier molecular flexibility index (Phi) is 2.38. The Morgan fingerprint density at radius 1 is 1.47 bits per heavy atom. The smallest absolute Gasteiger partial charge is 0.423 e. The Hall–Kier alpha value is -1.53. The van der Waals surface area contributed by atoms with Crippen molar-refractivity contribution in [2.24, 2.45) is 0 Å². The second kappa shape index (κ2) is 3.56. The Bertz CT molecular complexity index is 408. The maximum absolute atomic E-state index is 11.3. The van der Waals surface area contributed by atoms with Crippen molar-refractivity contribution in [2.45, 2.75) is 6.54 Å². The summed E-state index contributed by atoms with van der Waals surface area (Å²) in [6.07, 6.45) is 0. The molecular formula is C9H11BN2O3. The number of amides is 2. The average Bonchev–Trinajstić information content (AvgIpc) is 2.18. The van der Waals surface area contributed by atoms with Gasteiger partial charge in [0.1, 0.15) is 0 Å². The van der Waals surface area contributed by atoms with Crippen LogP contribution in [0.3, 0.4) is 0 Å². The average molecular weight is 206 g/mol. The molecule has 0 aliphatic carbocycles. The van der Waals surface area contributed by atoms with Crippen molar-refractivity contribution in [3.8, 4) is 0 Å². The molecule has 1 aliphatic heterocycles. The van der Waals surface area contributed by atoms with Crippen LogP contribution in [0.15, 0.2) is 18.2 Å². The van der Waals surface area contributed by atoms with Gasteiger partial charge in [0, 0.05) is 19.3 Å². The number of fused-ring (bicyclic) bond motifs is 1. The van der Waals surface area contributed by atoms with E-state index in [1.807, 2.05) is 0 Å². The molecule has 0 spiro atoms. The van der Waals surface area contributed by atoms with E-state index < -0.39 is 7.12 Å². The Morgan fingerprint density at radius 3 is 2.87 bits per heavy atom. The number of rotatable bonds is 1.